The number of nitrogens with zero attached hydrogens (tertiary/aromatic N) is 2. The van der Waals surface area contributed by atoms with Crippen LogP contribution in [0.2, 0.25) is 0 Å². The Hall–Kier alpha value is -3.02. The van der Waals surface area contributed by atoms with Crippen LogP contribution in [0.15, 0.2) is 42.5 Å². The van der Waals surface area contributed by atoms with Crippen LogP contribution in [0.25, 0.3) is 0 Å². The van der Waals surface area contributed by atoms with Gasteiger partial charge in [-0.25, -0.2) is 0 Å². The molecule has 3 rings (SSSR count). The maximum atomic E-state index is 12.6. The number of carbonyl (C=O) groups excluding carboxylic acids is 2. The van der Waals surface area contributed by atoms with Gasteiger partial charge < -0.3 is 15.0 Å². The lowest BCUT2D eigenvalue weighted by Gasteiger charge is -2.22. The summed E-state index contributed by atoms with van der Waals surface area (Å²) in [7, 11) is 3.94. The fourth-order valence-corrected chi connectivity index (χ4v) is 2.89. The first-order chi connectivity index (χ1) is 12.5. The monoisotopic (exact) mass is 353 g/mol. The number of carbonyl (C=O) groups is 2. The number of rotatable bonds is 4. The summed E-state index contributed by atoms with van der Waals surface area (Å²) in [5.41, 5.74) is 3.40. The Labute approximate surface area is 153 Å². The Bertz CT molecular complexity index is 833. The molecule has 6 heteroatoms. The SMILES string of the molecule is Cc1cc(N(C)C)ccc1NC(=O)CN1C(=O)CCOc2ccccc21. The molecule has 6 nitrogen and oxygen atoms in total. The van der Waals surface area contributed by atoms with Gasteiger partial charge in [-0.15, -0.1) is 0 Å². The number of fused-ring (bicyclic) bond motifs is 1. The van der Waals surface area contributed by atoms with E-state index in [-0.39, 0.29) is 24.8 Å². The number of aryl methyl sites for hydroxylation is 1. The molecule has 136 valence electrons. The van der Waals surface area contributed by atoms with Gasteiger partial charge in [0.2, 0.25) is 11.8 Å². The minimum Gasteiger partial charge on any atom is -0.491 e. The number of hydrogen-bond donors (Lipinski definition) is 1. The Kier molecular flexibility index (Phi) is 5.11. The molecule has 0 saturated heterocycles. The van der Waals surface area contributed by atoms with Gasteiger partial charge in [-0.3, -0.25) is 14.5 Å². The average molecular weight is 353 g/mol. The predicted molar refractivity (Wildman–Crippen MR) is 103 cm³/mol. The van der Waals surface area contributed by atoms with Crippen molar-refractivity contribution in [2.24, 2.45) is 0 Å². The van der Waals surface area contributed by atoms with E-state index in [1.165, 1.54) is 4.90 Å². The molecule has 0 atom stereocenters. The first-order valence-electron chi connectivity index (χ1n) is 8.56. The van der Waals surface area contributed by atoms with Crippen molar-refractivity contribution in [2.45, 2.75) is 13.3 Å². The van der Waals surface area contributed by atoms with Crippen LogP contribution in [0.1, 0.15) is 12.0 Å². The van der Waals surface area contributed by atoms with Gasteiger partial charge in [-0.1, -0.05) is 12.1 Å². The van der Waals surface area contributed by atoms with E-state index in [1.807, 2.05) is 62.3 Å². The Morgan fingerprint density at radius 1 is 1.23 bits per heavy atom. The summed E-state index contributed by atoms with van der Waals surface area (Å²) in [4.78, 5) is 28.5. The summed E-state index contributed by atoms with van der Waals surface area (Å²) in [6, 6.07) is 13.1. The van der Waals surface area contributed by atoms with Crippen molar-refractivity contribution in [3.8, 4) is 5.75 Å². The molecular weight excluding hydrogens is 330 g/mol. The van der Waals surface area contributed by atoms with Crippen molar-refractivity contribution < 1.29 is 14.3 Å². The Morgan fingerprint density at radius 3 is 2.73 bits per heavy atom. The first kappa shape index (κ1) is 17.8. The zero-order valence-corrected chi connectivity index (χ0v) is 15.3. The summed E-state index contributed by atoms with van der Waals surface area (Å²) in [5, 5.41) is 2.90. The number of para-hydroxylation sites is 2. The average Bonchev–Trinajstić information content (AvgIpc) is 2.76. The van der Waals surface area contributed by atoms with Gasteiger partial charge in [0.05, 0.1) is 18.7 Å². The van der Waals surface area contributed by atoms with Crippen molar-refractivity contribution in [3.05, 3.63) is 48.0 Å². The molecule has 2 amide bonds. The van der Waals surface area contributed by atoms with Crippen LogP contribution in [0, 0.1) is 6.92 Å². The van der Waals surface area contributed by atoms with E-state index in [4.69, 9.17) is 4.74 Å². The summed E-state index contributed by atoms with van der Waals surface area (Å²) < 4.78 is 5.60. The van der Waals surface area contributed by atoms with E-state index < -0.39 is 0 Å². The molecule has 0 saturated carbocycles. The third kappa shape index (κ3) is 3.79. The van der Waals surface area contributed by atoms with Crippen molar-refractivity contribution in [1.82, 2.24) is 0 Å². The van der Waals surface area contributed by atoms with E-state index in [9.17, 15) is 9.59 Å². The maximum Gasteiger partial charge on any atom is 0.244 e. The molecule has 0 spiro atoms. The highest BCUT2D eigenvalue weighted by Gasteiger charge is 2.25. The molecule has 0 bridgehead atoms. The predicted octanol–water partition coefficient (Wildman–Crippen LogP) is 2.82. The molecule has 0 fully saturated rings. The lowest BCUT2D eigenvalue weighted by molar-refractivity contribution is -0.121. The topological polar surface area (TPSA) is 61.9 Å². The standard InChI is InChI=1S/C20H23N3O3/c1-14-12-15(22(2)3)8-9-16(14)21-19(24)13-23-17-6-4-5-7-18(17)26-11-10-20(23)25/h4-9,12H,10-11,13H2,1-3H3,(H,21,24). The van der Waals surface area contributed by atoms with Crippen LogP contribution in [-0.4, -0.2) is 39.1 Å². The highest BCUT2D eigenvalue weighted by atomic mass is 16.5. The molecule has 0 aliphatic carbocycles. The molecule has 0 radical (unpaired) electrons. The summed E-state index contributed by atoms with van der Waals surface area (Å²) in [6.07, 6.45) is 0.249. The molecule has 2 aromatic carbocycles. The summed E-state index contributed by atoms with van der Waals surface area (Å²) in [5.74, 6) is 0.262. The van der Waals surface area contributed by atoms with Gasteiger partial charge in [0.1, 0.15) is 12.3 Å². The molecule has 26 heavy (non-hydrogen) atoms. The van der Waals surface area contributed by atoms with Gasteiger partial charge >= 0.3 is 0 Å². The van der Waals surface area contributed by atoms with Gasteiger partial charge in [-0.05, 0) is 42.8 Å². The molecule has 1 aliphatic rings. The van der Waals surface area contributed by atoms with Crippen LogP contribution in [0.5, 0.6) is 5.75 Å². The second-order valence-electron chi connectivity index (χ2n) is 6.49. The minimum absolute atomic E-state index is 0.0475. The highest BCUT2D eigenvalue weighted by molar-refractivity contribution is 6.04. The quantitative estimate of drug-likeness (QED) is 0.918. The molecule has 1 heterocycles. The van der Waals surface area contributed by atoms with Crippen LogP contribution < -0.4 is 19.9 Å². The normalized spacial score (nSPS) is 13.5. The van der Waals surface area contributed by atoms with Crippen LogP contribution in [0.4, 0.5) is 17.1 Å². The molecule has 2 aromatic rings. The van der Waals surface area contributed by atoms with Gasteiger partial charge in [0.25, 0.3) is 0 Å². The third-order valence-electron chi connectivity index (χ3n) is 4.33. The fraction of sp³-hybridized carbons (Fsp3) is 0.300. The number of ether oxygens (including phenoxy) is 1. The zero-order valence-electron chi connectivity index (χ0n) is 15.3. The molecular formula is C20H23N3O3. The molecule has 1 aliphatic heterocycles. The zero-order chi connectivity index (χ0) is 18.7. The van der Waals surface area contributed by atoms with Gasteiger partial charge in [0, 0.05) is 25.5 Å². The smallest absolute Gasteiger partial charge is 0.244 e. The third-order valence-corrected chi connectivity index (χ3v) is 4.33. The minimum atomic E-state index is -0.240. The lowest BCUT2D eigenvalue weighted by atomic mass is 10.1. The van der Waals surface area contributed by atoms with E-state index in [1.54, 1.807) is 6.07 Å². The van der Waals surface area contributed by atoms with Crippen LogP contribution >= 0.6 is 0 Å². The highest BCUT2D eigenvalue weighted by Crippen LogP contribution is 2.31. The number of anilines is 3. The fourth-order valence-electron chi connectivity index (χ4n) is 2.89. The Morgan fingerprint density at radius 2 is 2.00 bits per heavy atom. The second-order valence-corrected chi connectivity index (χ2v) is 6.49. The largest absolute Gasteiger partial charge is 0.491 e. The van der Waals surface area contributed by atoms with E-state index in [0.717, 1.165) is 16.9 Å². The van der Waals surface area contributed by atoms with Crippen LogP contribution in [-0.2, 0) is 9.59 Å². The van der Waals surface area contributed by atoms with E-state index >= 15 is 0 Å². The van der Waals surface area contributed by atoms with Gasteiger partial charge in [0.15, 0.2) is 0 Å². The second kappa shape index (κ2) is 7.47. The van der Waals surface area contributed by atoms with E-state index in [0.29, 0.717) is 18.0 Å². The van der Waals surface area contributed by atoms with Crippen molar-refractivity contribution in [2.75, 3.05) is 42.4 Å². The summed E-state index contributed by atoms with van der Waals surface area (Å²) in [6.45, 7) is 2.22. The van der Waals surface area contributed by atoms with Crippen molar-refractivity contribution >= 4 is 28.9 Å². The molecule has 0 unspecified atom stereocenters. The number of hydrogen-bond acceptors (Lipinski definition) is 4. The Balaban J connectivity index is 1.76. The number of benzene rings is 2. The first-order valence-corrected chi connectivity index (χ1v) is 8.56. The lowest BCUT2D eigenvalue weighted by Crippen LogP contribution is -2.37. The summed E-state index contributed by atoms with van der Waals surface area (Å²) >= 11 is 0. The van der Waals surface area contributed by atoms with E-state index in [2.05, 4.69) is 5.32 Å². The number of amides is 2. The van der Waals surface area contributed by atoms with Crippen LogP contribution in [0.3, 0.4) is 0 Å². The number of nitrogens with one attached hydrogen (secondary N) is 1. The van der Waals surface area contributed by atoms with Crippen molar-refractivity contribution in [1.29, 1.82) is 0 Å². The van der Waals surface area contributed by atoms with Crippen molar-refractivity contribution in [3.63, 3.8) is 0 Å². The molecule has 0 aromatic heterocycles. The molecule has 1 N–H and O–H groups in total. The maximum absolute atomic E-state index is 12.6. The van der Waals surface area contributed by atoms with Gasteiger partial charge in [-0.2, -0.15) is 0 Å².